The van der Waals surface area contributed by atoms with Crippen LogP contribution in [0.15, 0.2) is 52.9 Å². The Morgan fingerprint density at radius 3 is 2.54 bits per heavy atom. The lowest BCUT2D eigenvalue weighted by Gasteiger charge is -2.35. The molecular formula is C20H19N3O5. The maximum atomic E-state index is 12.8. The summed E-state index contributed by atoms with van der Waals surface area (Å²) in [6, 6.07) is 14.0. The van der Waals surface area contributed by atoms with Crippen molar-refractivity contribution in [1.82, 2.24) is 4.90 Å². The molecule has 3 aromatic rings. The van der Waals surface area contributed by atoms with Crippen molar-refractivity contribution in [2.75, 3.05) is 38.2 Å². The average Bonchev–Trinajstić information content (AvgIpc) is 3.17. The molecule has 28 heavy (non-hydrogen) atoms. The summed E-state index contributed by atoms with van der Waals surface area (Å²) in [4.78, 5) is 27.4. The van der Waals surface area contributed by atoms with Crippen LogP contribution in [0.25, 0.3) is 11.0 Å². The van der Waals surface area contributed by atoms with Crippen LogP contribution < -0.4 is 9.64 Å². The van der Waals surface area contributed by atoms with E-state index in [1.165, 1.54) is 13.2 Å². The Bertz CT molecular complexity index is 1000. The third-order valence-corrected chi connectivity index (χ3v) is 4.92. The Labute approximate surface area is 161 Å². The number of fused-ring (bicyclic) bond motifs is 1. The van der Waals surface area contributed by atoms with Crippen LogP contribution in [0.4, 0.5) is 11.4 Å². The highest BCUT2D eigenvalue weighted by molar-refractivity contribution is 5.96. The maximum absolute atomic E-state index is 12.8. The number of ether oxygens (including phenoxy) is 1. The van der Waals surface area contributed by atoms with E-state index in [-0.39, 0.29) is 11.6 Å². The van der Waals surface area contributed by atoms with E-state index in [0.717, 1.165) is 5.39 Å². The first-order valence-electron chi connectivity index (χ1n) is 8.92. The molecule has 2 heterocycles. The van der Waals surface area contributed by atoms with Crippen molar-refractivity contribution in [2.45, 2.75) is 0 Å². The van der Waals surface area contributed by atoms with Crippen molar-refractivity contribution in [2.24, 2.45) is 0 Å². The molecule has 0 atom stereocenters. The molecule has 0 aliphatic carbocycles. The van der Waals surface area contributed by atoms with Gasteiger partial charge in [-0.1, -0.05) is 18.2 Å². The van der Waals surface area contributed by atoms with Gasteiger partial charge in [0.2, 0.25) is 0 Å². The van der Waals surface area contributed by atoms with Gasteiger partial charge in [-0.3, -0.25) is 14.9 Å². The first-order valence-corrected chi connectivity index (χ1v) is 8.92. The smallest absolute Gasteiger partial charge is 0.296 e. The summed E-state index contributed by atoms with van der Waals surface area (Å²) < 4.78 is 10.7. The fourth-order valence-corrected chi connectivity index (χ4v) is 3.44. The van der Waals surface area contributed by atoms with Crippen molar-refractivity contribution in [3.8, 4) is 5.75 Å². The lowest BCUT2D eigenvalue weighted by Crippen LogP contribution is -2.48. The second kappa shape index (κ2) is 7.22. The maximum Gasteiger partial charge on any atom is 0.296 e. The zero-order chi connectivity index (χ0) is 19.7. The van der Waals surface area contributed by atoms with Crippen LogP contribution >= 0.6 is 0 Å². The van der Waals surface area contributed by atoms with Gasteiger partial charge in [0, 0.05) is 31.6 Å². The Morgan fingerprint density at radius 1 is 1.11 bits per heavy atom. The van der Waals surface area contributed by atoms with Crippen LogP contribution in [0.2, 0.25) is 0 Å². The zero-order valence-corrected chi connectivity index (χ0v) is 15.3. The summed E-state index contributed by atoms with van der Waals surface area (Å²) >= 11 is 0. The number of furan rings is 1. The number of para-hydroxylation sites is 1. The van der Waals surface area contributed by atoms with E-state index in [0.29, 0.717) is 49.0 Å². The number of nitro groups is 1. The topological polar surface area (TPSA) is 89.1 Å². The number of carbonyl (C=O) groups excluding carboxylic acids is 1. The standard InChI is InChI=1S/C20H19N3O5/c1-27-15-6-7-16(17(13-15)23(25)26)21-8-10-22(11-9-21)20(24)19-12-14-4-2-3-5-18(14)28-19/h2-7,12-13H,8-11H2,1H3. The predicted octanol–water partition coefficient (Wildman–Crippen LogP) is 3.31. The summed E-state index contributed by atoms with van der Waals surface area (Å²) in [5.74, 6) is 0.583. The first kappa shape index (κ1) is 17.8. The molecule has 0 radical (unpaired) electrons. The summed E-state index contributed by atoms with van der Waals surface area (Å²) in [6.07, 6.45) is 0. The quantitative estimate of drug-likeness (QED) is 0.509. The molecule has 4 rings (SSSR count). The van der Waals surface area contributed by atoms with Crippen LogP contribution in [0.3, 0.4) is 0 Å². The van der Waals surface area contributed by atoms with E-state index in [1.54, 1.807) is 23.1 Å². The Morgan fingerprint density at radius 2 is 1.86 bits per heavy atom. The number of benzene rings is 2. The predicted molar refractivity (Wildman–Crippen MR) is 104 cm³/mol. The van der Waals surface area contributed by atoms with Crippen molar-refractivity contribution in [1.29, 1.82) is 0 Å². The number of piperazine rings is 1. The van der Waals surface area contributed by atoms with Gasteiger partial charge in [0.15, 0.2) is 5.76 Å². The monoisotopic (exact) mass is 381 g/mol. The van der Waals surface area contributed by atoms with Gasteiger partial charge in [0.05, 0.1) is 18.1 Å². The third kappa shape index (κ3) is 3.24. The lowest BCUT2D eigenvalue weighted by molar-refractivity contribution is -0.384. The Balaban J connectivity index is 1.49. The van der Waals surface area contributed by atoms with Gasteiger partial charge in [-0.15, -0.1) is 0 Å². The molecule has 1 fully saturated rings. The van der Waals surface area contributed by atoms with Gasteiger partial charge in [-0.05, 0) is 24.3 Å². The van der Waals surface area contributed by atoms with Gasteiger partial charge in [0.25, 0.3) is 11.6 Å². The Hall–Kier alpha value is -3.55. The Kier molecular flexibility index (Phi) is 4.60. The molecule has 8 heteroatoms. The molecule has 0 spiro atoms. The first-order chi connectivity index (χ1) is 13.6. The van der Waals surface area contributed by atoms with Crippen molar-refractivity contribution >= 4 is 28.3 Å². The van der Waals surface area contributed by atoms with E-state index in [4.69, 9.17) is 9.15 Å². The SMILES string of the molecule is COc1ccc(N2CCN(C(=O)c3cc4ccccc4o3)CC2)c([N+](=O)[O-])c1. The van der Waals surface area contributed by atoms with Gasteiger partial charge in [0.1, 0.15) is 17.0 Å². The zero-order valence-electron chi connectivity index (χ0n) is 15.3. The van der Waals surface area contributed by atoms with E-state index < -0.39 is 4.92 Å². The number of anilines is 1. The molecule has 1 aromatic heterocycles. The molecule has 8 nitrogen and oxygen atoms in total. The second-order valence-corrected chi connectivity index (χ2v) is 6.54. The van der Waals surface area contributed by atoms with E-state index in [2.05, 4.69) is 0 Å². The fraction of sp³-hybridized carbons (Fsp3) is 0.250. The highest BCUT2D eigenvalue weighted by Gasteiger charge is 2.28. The average molecular weight is 381 g/mol. The normalized spacial score (nSPS) is 14.3. The van der Waals surface area contributed by atoms with Gasteiger partial charge in [-0.2, -0.15) is 0 Å². The van der Waals surface area contributed by atoms with E-state index in [1.807, 2.05) is 29.2 Å². The summed E-state index contributed by atoms with van der Waals surface area (Å²) in [5.41, 5.74) is 1.20. The molecule has 2 aromatic carbocycles. The molecule has 144 valence electrons. The number of rotatable bonds is 4. The molecule has 1 saturated heterocycles. The number of hydrogen-bond acceptors (Lipinski definition) is 6. The molecule has 1 aliphatic rings. The molecule has 1 amide bonds. The largest absolute Gasteiger partial charge is 0.496 e. The molecule has 0 bridgehead atoms. The minimum atomic E-state index is -0.413. The number of hydrogen-bond donors (Lipinski definition) is 0. The number of carbonyl (C=O) groups is 1. The molecule has 0 unspecified atom stereocenters. The highest BCUT2D eigenvalue weighted by Crippen LogP contribution is 2.32. The molecule has 0 saturated carbocycles. The minimum absolute atomic E-state index is 0.00332. The van der Waals surface area contributed by atoms with Crippen LogP contribution in [0.5, 0.6) is 5.75 Å². The summed E-state index contributed by atoms with van der Waals surface area (Å²) in [6.45, 7) is 1.91. The molecular weight excluding hydrogens is 362 g/mol. The van der Waals surface area contributed by atoms with Crippen molar-refractivity contribution in [3.05, 3.63) is 64.4 Å². The van der Waals surface area contributed by atoms with Crippen molar-refractivity contribution < 1.29 is 18.9 Å². The second-order valence-electron chi connectivity index (χ2n) is 6.54. The summed E-state index contributed by atoms with van der Waals surface area (Å²) in [5, 5.41) is 12.3. The van der Waals surface area contributed by atoms with E-state index >= 15 is 0 Å². The van der Waals surface area contributed by atoms with Crippen LogP contribution in [-0.4, -0.2) is 49.0 Å². The number of amides is 1. The third-order valence-electron chi connectivity index (χ3n) is 4.92. The van der Waals surface area contributed by atoms with Crippen molar-refractivity contribution in [3.63, 3.8) is 0 Å². The fourth-order valence-electron chi connectivity index (χ4n) is 3.44. The highest BCUT2D eigenvalue weighted by atomic mass is 16.6. The van der Waals surface area contributed by atoms with Gasteiger partial charge in [-0.25, -0.2) is 0 Å². The van der Waals surface area contributed by atoms with E-state index in [9.17, 15) is 14.9 Å². The van der Waals surface area contributed by atoms with Crippen LogP contribution in [0.1, 0.15) is 10.6 Å². The minimum Gasteiger partial charge on any atom is -0.496 e. The summed E-state index contributed by atoms with van der Waals surface area (Å²) in [7, 11) is 1.47. The number of methoxy groups -OCH3 is 1. The van der Waals surface area contributed by atoms with Gasteiger partial charge >= 0.3 is 0 Å². The molecule has 1 aliphatic heterocycles. The van der Waals surface area contributed by atoms with Gasteiger partial charge < -0.3 is 19.0 Å². The van der Waals surface area contributed by atoms with Crippen LogP contribution in [-0.2, 0) is 0 Å². The number of nitrogens with zero attached hydrogens (tertiary/aromatic N) is 3. The van der Waals surface area contributed by atoms with Crippen LogP contribution in [0, 0.1) is 10.1 Å². The number of nitro benzene ring substituents is 1. The molecule has 0 N–H and O–H groups in total. The lowest BCUT2D eigenvalue weighted by atomic mass is 10.2.